The Labute approximate surface area is 148 Å². The third kappa shape index (κ3) is 5.13. The first-order chi connectivity index (χ1) is 12.2. The molecule has 0 saturated carbocycles. The summed E-state index contributed by atoms with van der Waals surface area (Å²) in [6.45, 7) is 6.15. The van der Waals surface area contributed by atoms with E-state index < -0.39 is 5.91 Å². The molecule has 1 heterocycles. The Morgan fingerprint density at radius 3 is 2.32 bits per heavy atom. The monoisotopic (exact) mass is 339 g/mol. The molecule has 0 radical (unpaired) electrons. The van der Waals surface area contributed by atoms with Crippen LogP contribution in [-0.4, -0.2) is 53.6 Å². The predicted molar refractivity (Wildman–Crippen MR) is 97.6 cm³/mol. The van der Waals surface area contributed by atoms with Crippen molar-refractivity contribution in [3.63, 3.8) is 0 Å². The molecular formula is C20H25N3O2. The molecule has 0 bridgehead atoms. The first kappa shape index (κ1) is 17.6. The lowest BCUT2D eigenvalue weighted by Gasteiger charge is -2.34. The van der Waals surface area contributed by atoms with Gasteiger partial charge in [-0.15, -0.1) is 0 Å². The summed E-state index contributed by atoms with van der Waals surface area (Å²) in [6, 6.07) is 18.0. The zero-order chi connectivity index (χ0) is 17.5. The average Bonchev–Trinajstić information content (AvgIpc) is 2.68. The van der Waals surface area contributed by atoms with Gasteiger partial charge in [0.05, 0.1) is 0 Å². The van der Waals surface area contributed by atoms with Gasteiger partial charge in [0.2, 0.25) is 0 Å². The molecule has 0 spiro atoms. The van der Waals surface area contributed by atoms with Crippen LogP contribution in [0.1, 0.15) is 21.5 Å². The van der Waals surface area contributed by atoms with Crippen LogP contribution in [0.3, 0.4) is 0 Å². The van der Waals surface area contributed by atoms with E-state index in [2.05, 4.69) is 40.1 Å². The smallest absolute Gasteiger partial charge is 0.274 e. The van der Waals surface area contributed by atoms with E-state index in [1.165, 1.54) is 5.56 Å². The molecule has 0 unspecified atom stereocenters. The van der Waals surface area contributed by atoms with E-state index >= 15 is 0 Å². The van der Waals surface area contributed by atoms with E-state index in [4.69, 9.17) is 5.21 Å². The quantitative estimate of drug-likeness (QED) is 0.626. The van der Waals surface area contributed by atoms with Gasteiger partial charge in [0.25, 0.3) is 5.91 Å². The van der Waals surface area contributed by atoms with Gasteiger partial charge in [0, 0.05) is 44.8 Å². The topological polar surface area (TPSA) is 55.8 Å². The standard InChI is InChI=1S/C20H25N3O2/c24-20(21-25)19-8-4-7-18(15-19)16-23-13-11-22(12-14-23)10-9-17-5-2-1-3-6-17/h1-8,15,25H,9-14,16H2,(H,21,24). The Hall–Kier alpha value is -2.21. The van der Waals surface area contributed by atoms with Gasteiger partial charge in [0.15, 0.2) is 0 Å². The van der Waals surface area contributed by atoms with E-state index in [0.29, 0.717) is 5.56 Å². The lowest BCUT2D eigenvalue weighted by atomic mass is 10.1. The summed E-state index contributed by atoms with van der Waals surface area (Å²) in [6.07, 6.45) is 1.10. The maximum atomic E-state index is 11.5. The van der Waals surface area contributed by atoms with Crippen molar-refractivity contribution >= 4 is 5.91 Å². The minimum absolute atomic E-state index is 0.465. The SMILES string of the molecule is O=C(NO)c1cccc(CN2CCN(CCc3ccccc3)CC2)c1. The number of carbonyl (C=O) groups is 1. The molecule has 1 saturated heterocycles. The first-order valence-electron chi connectivity index (χ1n) is 8.76. The molecule has 2 aromatic rings. The minimum atomic E-state index is -0.465. The van der Waals surface area contributed by atoms with Crippen LogP contribution in [0.4, 0.5) is 0 Å². The highest BCUT2D eigenvalue weighted by Crippen LogP contribution is 2.11. The van der Waals surface area contributed by atoms with Gasteiger partial charge in [-0.3, -0.25) is 14.9 Å². The number of hydrogen-bond acceptors (Lipinski definition) is 4. The molecule has 1 aliphatic heterocycles. The average molecular weight is 339 g/mol. The van der Waals surface area contributed by atoms with Gasteiger partial charge in [-0.05, 0) is 29.7 Å². The van der Waals surface area contributed by atoms with Gasteiger partial charge >= 0.3 is 0 Å². The van der Waals surface area contributed by atoms with Crippen LogP contribution in [-0.2, 0) is 13.0 Å². The lowest BCUT2D eigenvalue weighted by molar-refractivity contribution is 0.0706. The highest BCUT2D eigenvalue weighted by Gasteiger charge is 2.17. The maximum Gasteiger partial charge on any atom is 0.274 e. The second-order valence-corrected chi connectivity index (χ2v) is 6.49. The molecule has 2 N–H and O–H groups in total. The van der Waals surface area contributed by atoms with Crippen LogP contribution in [0.25, 0.3) is 0 Å². The molecule has 0 aliphatic carbocycles. The van der Waals surface area contributed by atoms with Crippen LogP contribution in [0, 0.1) is 0 Å². The van der Waals surface area contributed by atoms with E-state index in [1.54, 1.807) is 11.5 Å². The summed E-state index contributed by atoms with van der Waals surface area (Å²) in [5.74, 6) is -0.465. The molecule has 3 rings (SSSR count). The summed E-state index contributed by atoms with van der Waals surface area (Å²) in [5.41, 5.74) is 4.66. The number of rotatable bonds is 6. The van der Waals surface area contributed by atoms with Crippen LogP contribution < -0.4 is 5.48 Å². The zero-order valence-corrected chi connectivity index (χ0v) is 14.4. The number of amides is 1. The van der Waals surface area contributed by atoms with Crippen molar-refractivity contribution < 1.29 is 10.0 Å². The molecule has 132 valence electrons. The molecular weight excluding hydrogens is 314 g/mol. The third-order valence-electron chi connectivity index (χ3n) is 4.72. The minimum Gasteiger partial charge on any atom is -0.300 e. The largest absolute Gasteiger partial charge is 0.300 e. The Balaban J connectivity index is 1.45. The number of piperazine rings is 1. The van der Waals surface area contributed by atoms with Crippen molar-refractivity contribution in [1.82, 2.24) is 15.3 Å². The summed E-state index contributed by atoms with van der Waals surface area (Å²) in [7, 11) is 0. The van der Waals surface area contributed by atoms with Gasteiger partial charge in [0.1, 0.15) is 0 Å². The van der Waals surface area contributed by atoms with Gasteiger partial charge < -0.3 is 4.90 Å². The van der Waals surface area contributed by atoms with Gasteiger partial charge in [-0.2, -0.15) is 0 Å². The number of carbonyl (C=O) groups excluding carboxylic acids is 1. The predicted octanol–water partition coefficient (Wildman–Crippen LogP) is 2.17. The fourth-order valence-corrected chi connectivity index (χ4v) is 3.24. The van der Waals surface area contributed by atoms with Gasteiger partial charge in [-0.25, -0.2) is 5.48 Å². The Morgan fingerprint density at radius 2 is 1.60 bits per heavy atom. The van der Waals surface area contributed by atoms with Crippen molar-refractivity contribution in [3.05, 3.63) is 71.3 Å². The summed E-state index contributed by atoms with van der Waals surface area (Å²) in [4.78, 5) is 16.4. The number of nitrogens with zero attached hydrogens (tertiary/aromatic N) is 2. The van der Waals surface area contributed by atoms with Crippen LogP contribution in [0.2, 0.25) is 0 Å². The number of nitrogens with one attached hydrogen (secondary N) is 1. The summed E-state index contributed by atoms with van der Waals surface area (Å²) >= 11 is 0. The maximum absolute atomic E-state index is 11.5. The molecule has 1 aliphatic rings. The molecule has 0 aromatic heterocycles. The number of hydroxylamine groups is 1. The second kappa shape index (κ2) is 8.76. The number of benzene rings is 2. The molecule has 5 heteroatoms. The van der Waals surface area contributed by atoms with Crippen molar-refractivity contribution in [2.75, 3.05) is 32.7 Å². The van der Waals surface area contributed by atoms with E-state index in [-0.39, 0.29) is 0 Å². The van der Waals surface area contributed by atoms with E-state index in [9.17, 15) is 4.79 Å². The fraction of sp³-hybridized carbons (Fsp3) is 0.350. The summed E-state index contributed by atoms with van der Waals surface area (Å²) < 4.78 is 0. The third-order valence-corrected chi connectivity index (χ3v) is 4.72. The molecule has 2 aromatic carbocycles. The molecule has 1 fully saturated rings. The molecule has 25 heavy (non-hydrogen) atoms. The van der Waals surface area contributed by atoms with Gasteiger partial charge in [-0.1, -0.05) is 42.5 Å². The van der Waals surface area contributed by atoms with Crippen molar-refractivity contribution in [2.24, 2.45) is 0 Å². The zero-order valence-electron chi connectivity index (χ0n) is 14.4. The fourth-order valence-electron chi connectivity index (χ4n) is 3.24. The van der Waals surface area contributed by atoms with Crippen LogP contribution >= 0.6 is 0 Å². The first-order valence-corrected chi connectivity index (χ1v) is 8.76. The van der Waals surface area contributed by atoms with Crippen molar-refractivity contribution in [3.8, 4) is 0 Å². The van der Waals surface area contributed by atoms with Crippen LogP contribution in [0.5, 0.6) is 0 Å². The van der Waals surface area contributed by atoms with E-state index in [1.807, 2.05) is 18.2 Å². The highest BCUT2D eigenvalue weighted by molar-refractivity contribution is 5.93. The molecule has 0 atom stereocenters. The van der Waals surface area contributed by atoms with E-state index in [0.717, 1.165) is 51.3 Å². The molecule has 5 nitrogen and oxygen atoms in total. The normalized spacial score (nSPS) is 15.9. The van der Waals surface area contributed by atoms with Crippen molar-refractivity contribution in [1.29, 1.82) is 0 Å². The van der Waals surface area contributed by atoms with Crippen molar-refractivity contribution in [2.45, 2.75) is 13.0 Å². The Kier molecular flexibility index (Phi) is 6.17. The Morgan fingerprint density at radius 1 is 0.920 bits per heavy atom. The summed E-state index contributed by atoms with van der Waals surface area (Å²) in [5, 5.41) is 8.75. The highest BCUT2D eigenvalue weighted by atomic mass is 16.5. The Bertz CT molecular complexity index is 682. The van der Waals surface area contributed by atoms with Crippen LogP contribution in [0.15, 0.2) is 54.6 Å². The molecule has 1 amide bonds. The second-order valence-electron chi connectivity index (χ2n) is 6.49. The number of hydrogen-bond donors (Lipinski definition) is 2. The lowest BCUT2D eigenvalue weighted by Crippen LogP contribution is -2.46.